The molecule has 36 heavy (non-hydrogen) atoms. The zero-order valence-electron chi connectivity index (χ0n) is 18.9. The maximum atomic E-state index is 14.5. The van der Waals surface area contributed by atoms with E-state index in [9.17, 15) is 27.2 Å². The summed E-state index contributed by atoms with van der Waals surface area (Å²) >= 11 is 1.04. The van der Waals surface area contributed by atoms with Crippen LogP contribution < -0.4 is 9.47 Å². The minimum Gasteiger partial charge on any atom is -0.492 e. The molecule has 1 aliphatic heterocycles. The third-order valence-electron chi connectivity index (χ3n) is 5.07. The van der Waals surface area contributed by atoms with Gasteiger partial charge in [-0.25, -0.2) is 22.6 Å². The van der Waals surface area contributed by atoms with Crippen LogP contribution in [0.3, 0.4) is 0 Å². The summed E-state index contributed by atoms with van der Waals surface area (Å²) in [5.41, 5.74) is -0.195. The van der Waals surface area contributed by atoms with E-state index in [1.165, 1.54) is 38.3 Å². The first-order chi connectivity index (χ1) is 17.2. The molecule has 0 fully saturated rings. The molecular formula is C25H18F4N2O4S. The third-order valence-corrected chi connectivity index (χ3v) is 6.29. The summed E-state index contributed by atoms with van der Waals surface area (Å²) in [6.07, 6.45) is 0. The summed E-state index contributed by atoms with van der Waals surface area (Å²) in [6.45, 7) is 1.11. The molecule has 3 aromatic carbocycles. The van der Waals surface area contributed by atoms with Crippen molar-refractivity contribution in [3.8, 4) is 11.5 Å². The molecule has 1 aliphatic rings. The first kappa shape index (κ1) is 25.2. The molecule has 1 atom stereocenters. The predicted octanol–water partition coefficient (Wildman–Crippen LogP) is 5.47. The number of ketones is 1. The Hall–Kier alpha value is -3.86. The van der Waals surface area contributed by atoms with Crippen LogP contribution in [0.2, 0.25) is 0 Å². The monoisotopic (exact) mass is 518 g/mol. The highest BCUT2D eigenvalue weighted by Gasteiger charge is 2.39. The third kappa shape index (κ3) is 5.06. The van der Waals surface area contributed by atoms with Gasteiger partial charge in [0.1, 0.15) is 45.9 Å². The minimum atomic E-state index is -1.39. The van der Waals surface area contributed by atoms with Crippen molar-refractivity contribution in [3.05, 3.63) is 94.6 Å². The van der Waals surface area contributed by atoms with Crippen molar-refractivity contribution in [2.24, 2.45) is 5.10 Å². The topological polar surface area (TPSA) is 68.2 Å². The molecule has 11 heteroatoms. The van der Waals surface area contributed by atoms with Gasteiger partial charge in [-0.2, -0.15) is 5.10 Å². The number of ether oxygens (including phenoxy) is 2. The average molecular weight is 518 g/mol. The second-order valence-corrected chi connectivity index (χ2v) is 8.71. The fourth-order valence-corrected chi connectivity index (χ4v) is 4.67. The maximum absolute atomic E-state index is 14.5. The van der Waals surface area contributed by atoms with Gasteiger partial charge in [0.05, 0.1) is 7.11 Å². The molecule has 1 unspecified atom stereocenters. The highest BCUT2D eigenvalue weighted by Crippen LogP contribution is 2.47. The van der Waals surface area contributed by atoms with Crippen molar-refractivity contribution in [1.29, 1.82) is 0 Å². The normalized spacial score (nSPS) is 15.0. The van der Waals surface area contributed by atoms with Crippen LogP contribution >= 0.6 is 11.8 Å². The Morgan fingerprint density at radius 1 is 1.00 bits per heavy atom. The van der Waals surface area contributed by atoms with Crippen LogP contribution in [-0.2, 0) is 4.79 Å². The van der Waals surface area contributed by atoms with E-state index in [0.717, 1.165) is 16.8 Å². The number of hydrogen-bond donors (Lipinski definition) is 0. The number of hydrogen-bond acceptors (Lipinski definition) is 6. The van der Waals surface area contributed by atoms with Gasteiger partial charge in [-0.3, -0.25) is 9.59 Å². The van der Waals surface area contributed by atoms with E-state index < -0.39 is 40.1 Å². The predicted molar refractivity (Wildman–Crippen MR) is 125 cm³/mol. The lowest BCUT2D eigenvalue weighted by molar-refractivity contribution is -0.118. The Morgan fingerprint density at radius 2 is 1.67 bits per heavy atom. The van der Waals surface area contributed by atoms with E-state index in [1.54, 1.807) is 18.2 Å². The van der Waals surface area contributed by atoms with Gasteiger partial charge in [-0.05, 0) is 37.3 Å². The van der Waals surface area contributed by atoms with Crippen LogP contribution in [0, 0.1) is 23.3 Å². The molecule has 0 spiro atoms. The Morgan fingerprint density at radius 3 is 2.28 bits per heavy atom. The quantitative estimate of drug-likeness (QED) is 0.388. The van der Waals surface area contributed by atoms with Crippen LogP contribution in [0.15, 0.2) is 59.7 Å². The van der Waals surface area contributed by atoms with E-state index in [-0.39, 0.29) is 28.9 Å². The average Bonchev–Trinajstić information content (AvgIpc) is 3.27. The lowest BCUT2D eigenvalue weighted by Gasteiger charge is -2.24. The van der Waals surface area contributed by atoms with Gasteiger partial charge >= 0.3 is 0 Å². The standard InChI is InChI=1S/C25H18F4N2O4S/c1-13(32)12-35-20-5-3-4-17(22(20)34-2)25-31(24(33)21-18(28)10-16(27)11-19(21)29)30-23(36-25)14-6-8-15(26)9-7-14/h3-11,25H,12H2,1-2H3. The van der Waals surface area contributed by atoms with E-state index in [1.807, 2.05) is 0 Å². The molecule has 0 aliphatic carbocycles. The van der Waals surface area contributed by atoms with Crippen LogP contribution in [0.1, 0.15) is 33.8 Å². The second kappa shape index (κ2) is 10.4. The number of hydrazone groups is 1. The number of methoxy groups -OCH3 is 1. The highest BCUT2D eigenvalue weighted by molar-refractivity contribution is 8.14. The molecule has 4 rings (SSSR count). The summed E-state index contributed by atoms with van der Waals surface area (Å²) in [5.74, 6) is -5.48. The van der Waals surface area contributed by atoms with Crippen LogP contribution in [-0.4, -0.2) is 35.5 Å². The lowest BCUT2D eigenvalue weighted by atomic mass is 10.1. The van der Waals surface area contributed by atoms with Gasteiger partial charge in [0.15, 0.2) is 17.3 Å². The van der Waals surface area contributed by atoms with Crippen molar-refractivity contribution in [2.45, 2.75) is 12.3 Å². The second-order valence-electron chi connectivity index (χ2n) is 7.65. The minimum absolute atomic E-state index is 0.171. The van der Waals surface area contributed by atoms with E-state index in [0.29, 0.717) is 23.3 Å². The molecule has 0 bridgehead atoms. The highest BCUT2D eigenvalue weighted by atomic mass is 32.2. The molecule has 186 valence electrons. The Balaban J connectivity index is 1.81. The van der Waals surface area contributed by atoms with Gasteiger partial charge in [0.2, 0.25) is 0 Å². The molecule has 0 radical (unpaired) electrons. The van der Waals surface area contributed by atoms with Crippen LogP contribution in [0.25, 0.3) is 0 Å². The van der Waals surface area contributed by atoms with Crippen molar-refractivity contribution < 1.29 is 36.6 Å². The summed E-state index contributed by atoms with van der Waals surface area (Å²) in [4.78, 5) is 24.7. The zero-order valence-corrected chi connectivity index (χ0v) is 19.7. The van der Waals surface area contributed by atoms with E-state index >= 15 is 0 Å². The fourth-order valence-electron chi connectivity index (χ4n) is 3.49. The molecule has 0 N–H and O–H groups in total. The first-order valence-electron chi connectivity index (χ1n) is 10.5. The maximum Gasteiger partial charge on any atom is 0.281 e. The summed E-state index contributed by atoms with van der Waals surface area (Å²) in [7, 11) is 1.35. The van der Waals surface area contributed by atoms with Gasteiger partial charge in [0, 0.05) is 23.3 Å². The number of halogens is 4. The van der Waals surface area contributed by atoms with Crippen molar-refractivity contribution in [1.82, 2.24) is 5.01 Å². The number of amides is 1. The molecular weight excluding hydrogens is 500 g/mol. The van der Waals surface area contributed by atoms with Gasteiger partial charge < -0.3 is 9.47 Å². The Labute approximate surface area is 207 Å². The Kier molecular flexibility index (Phi) is 7.30. The smallest absolute Gasteiger partial charge is 0.281 e. The Bertz CT molecular complexity index is 1340. The van der Waals surface area contributed by atoms with Crippen LogP contribution in [0.5, 0.6) is 11.5 Å². The van der Waals surface area contributed by atoms with E-state index in [4.69, 9.17) is 9.47 Å². The number of para-hydroxylation sites is 1. The van der Waals surface area contributed by atoms with Gasteiger partial charge in [-0.15, -0.1) is 0 Å². The number of carbonyl (C=O) groups is 2. The number of benzene rings is 3. The largest absolute Gasteiger partial charge is 0.492 e. The first-order valence-corrected chi connectivity index (χ1v) is 11.4. The molecule has 0 aromatic heterocycles. The molecule has 0 saturated carbocycles. The van der Waals surface area contributed by atoms with Crippen molar-refractivity contribution >= 4 is 28.5 Å². The molecule has 1 amide bonds. The SMILES string of the molecule is COc1c(OCC(C)=O)cccc1C1SC(c2ccc(F)cc2)=NN1C(=O)c1c(F)cc(F)cc1F. The number of Topliss-reactive ketones (excluding diaryl/α,β-unsaturated/α-hetero) is 1. The number of nitrogens with zero attached hydrogens (tertiary/aromatic N) is 2. The van der Waals surface area contributed by atoms with E-state index in [2.05, 4.69) is 5.10 Å². The summed E-state index contributed by atoms with van der Waals surface area (Å²) in [5, 5.41) is 4.37. The number of carbonyl (C=O) groups excluding carboxylic acids is 2. The van der Waals surface area contributed by atoms with Crippen LogP contribution in [0.4, 0.5) is 17.6 Å². The molecule has 3 aromatic rings. The van der Waals surface area contributed by atoms with Gasteiger partial charge in [-0.1, -0.05) is 23.9 Å². The molecule has 0 saturated heterocycles. The van der Waals surface area contributed by atoms with Crippen molar-refractivity contribution in [2.75, 3.05) is 13.7 Å². The van der Waals surface area contributed by atoms with Crippen molar-refractivity contribution in [3.63, 3.8) is 0 Å². The molecule has 6 nitrogen and oxygen atoms in total. The number of thioether (sulfide) groups is 1. The number of rotatable bonds is 7. The fraction of sp³-hybridized carbons (Fsp3) is 0.160. The summed E-state index contributed by atoms with van der Waals surface area (Å²) < 4.78 is 66.9. The molecule has 1 heterocycles. The summed E-state index contributed by atoms with van der Waals surface area (Å²) in [6, 6.07) is 10.8. The lowest BCUT2D eigenvalue weighted by Crippen LogP contribution is -2.28. The van der Waals surface area contributed by atoms with Gasteiger partial charge in [0.25, 0.3) is 5.91 Å². The zero-order chi connectivity index (χ0) is 26.0.